The number of likely N-dealkylation sites (tertiary alicyclic amines) is 1. The maximum Gasteiger partial charge on any atom is 0.352 e. The zero-order chi connectivity index (χ0) is 14.8. The van der Waals surface area contributed by atoms with Gasteiger partial charge in [0.1, 0.15) is 10.6 Å². The summed E-state index contributed by atoms with van der Waals surface area (Å²) in [6, 6.07) is 1.00. The molecule has 0 amide bonds. The van der Waals surface area contributed by atoms with Crippen molar-refractivity contribution in [1.29, 1.82) is 0 Å². The van der Waals surface area contributed by atoms with E-state index >= 15 is 0 Å². The zero-order valence-corrected chi connectivity index (χ0v) is 12.1. The molecular weight excluding hydrogens is 282 g/mol. The minimum Gasteiger partial charge on any atom is -0.477 e. The van der Waals surface area contributed by atoms with E-state index in [1.165, 1.54) is 6.20 Å². The first-order chi connectivity index (χ1) is 9.42. The molecule has 1 atom stereocenters. The Balaban J connectivity index is 2.08. The lowest BCUT2D eigenvalue weighted by Crippen LogP contribution is -2.47. The van der Waals surface area contributed by atoms with E-state index in [4.69, 9.17) is 5.11 Å². The molecule has 2 rings (SSSR count). The highest BCUT2D eigenvalue weighted by molar-refractivity contribution is 7.89. The van der Waals surface area contributed by atoms with E-state index in [9.17, 15) is 13.2 Å². The van der Waals surface area contributed by atoms with Crippen molar-refractivity contribution in [2.75, 3.05) is 19.6 Å². The number of carbonyl (C=O) groups is 1. The maximum atomic E-state index is 12.2. The third kappa shape index (κ3) is 3.38. The summed E-state index contributed by atoms with van der Waals surface area (Å²) in [6.07, 6.45) is 2.95. The summed E-state index contributed by atoms with van der Waals surface area (Å²) in [6.45, 7) is 4.61. The summed E-state index contributed by atoms with van der Waals surface area (Å²) in [7, 11) is -3.68. The number of carboxylic acids is 1. The summed E-state index contributed by atoms with van der Waals surface area (Å²) in [5.41, 5.74) is -0.135. The topological polar surface area (TPSA) is 103 Å². The number of likely N-dealkylation sites (N-methyl/N-ethyl adjacent to an activating group) is 1. The summed E-state index contributed by atoms with van der Waals surface area (Å²) in [4.78, 5) is 15.4. The standard InChI is InChI=1S/C12H19N3O4S/c1-2-15-5-3-4-9(8-15)14-20(18,19)10-6-11(12(16)17)13-7-10/h6-7,9,13-14H,2-5,8H2,1H3,(H,16,17). The molecule has 0 aliphatic carbocycles. The quantitative estimate of drug-likeness (QED) is 0.734. The van der Waals surface area contributed by atoms with Crippen molar-refractivity contribution in [2.24, 2.45) is 0 Å². The van der Waals surface area contributed by atoms with Gasteiger partial charge in [-0.2, -0.15) is 0 Å². The normalized spacial score (nSPS) is 20.9. The fraction of sp³-hybridized carbons (Fsp3) is 0.583. The van der Waals surface area contributed by atoms with Crippen LogP contribution in [0, 0.1) is 0 Å². The minimum absolute atomic E-state index is 0.0384. The summed E-state index contributed by atoms with van der Waals surface area (Å²) >= 11 is 0. The van der Waals surface area contributed by atoms with E-state index in [0.29, 0.717) is 6.54 Å². The van der Waals surface area contributed by atoms with Gasteiger partial charge in [-0.05, 0) is 32.0 Å². The molecule has 1 aliphatic rings. The number of rotatable bonds is 5. The van der Waals surface area contributed by atoms with Crippen molar-refractivity contribution in [2.45, 2.75) is 30.7 Å². The Bertz CT molecular complexity index is 581. The van der Waals surface area contributed by atoms with Crippen molar-refractivity contribution in [1.82, 2.24) is 14.6 Å². The number of hydrogen-bond donors (Lipinski definition) is 3. The summed E-state index contributed by atoms with van der Waals surface area (Å²) < 4.78 is 27.0. The number of nitrogens with one attached hydrogen (secondary N) is 2. The molecule has 0 radical (unpaired) electrons. The van der Waals surface area contributed by atoms with Crippen molar-refractivity contribution < 1.29 is 18.3 Å². The number of aromatic nitrogens is 1. The first kappa shape index (κ1) is 15.0. The Morgan fingerprint density at radius 3 is 2.95 bits per heavy atom. The van der Waals surface area contributed by atoms with Crippen molar-refractivity contribution in [3.05, 3.63) is 18.0 Å². The molecule has 1 aromatic heterocycles. The van der Waals surface area contributed by atoms with Gasteiger partial charge in [0.2, 0.25) is 10.0 Å². The lowest BCUT2D eigenvalue weighted by atomic mass is 10.1. The molecule has 0 bridgehead atoms. The smallest absolute Gasteiger partial charge is 0.352 e. The number of hydrogen-bond acceptors (Lipinski definition) is 4. The number of sulfonamides is 1. The van der Waals surface area contributed by atoms with Crippen LogP contribution in [0.5, 0.6) is 0 Å². The van der Waals surface area contributed by atoms with Crippen LogP contribution in [0.15, 0.2) is 17.2 Å². The number of piperidine rings is 1. The van der Waals surface area contributed by atoms with E-state index < -0.39 is 16.0 Å². The van der Waals surface area contributed by atoms with Crippen LogP contribution in [-0.2, 0) is 10.0 Å². The zero-order valence-electron chi connectivity index (χ0n) is 11.3. The number of carboxylic acid groups (broad SMARTS) is 1. The van der Waals surface area contributed by atoms with E-state index in [2.05, 4.69) is 14.6 Å². The van der Waals surface area contributed by atoms with Gasteiger partial charge in [-0.15, -0.1) is 0 Å². The van der Waals surface area contributed by atoms with Gasteiger partial charge in [-0.1, -0.05) is 6.92 Å². The van der Waals surface area contributed by atoms with Gasteiger partial charge in [0.25, 0.3) is 0 Å². The second-order valence-electron chi connectivity index (χ2n) is 4.91. The molecule has 1 aliphatic heterocycles. The molecule has 20 heavy (non-hydrogen) atoms. The fourth-order valence-electron chi connectivity index (χ4n) is 2.38. The van der Waals surface area contributed by atoms with Crippen LogP contribution in [0.3, 0.4) is 0 Å². The average Bonchev–Trinajstić information content (AvgIpc) is 2.89. The second kappa shape index (κ2) is 5.94. The van der Waals surface area contributed by atoms with Crippen molar-refractivity contribution >= 4 is 16.0 Å². The van der Waals surface area contributed by atoms with Gasteiger partial charge in [0, 0.05) is 18.8 Å². The van der Waals surface area contributed by atoms with E-state index in [1.807, 2.05) is 6.92 Å². The Labute approximate surface area is 118 Å². The Morgan fingerprint density at radius 2 is 2.35 bits per heavy atom. The molecule has 8 heteroatoms. The SMILES string of the molecule is CCN1CCCC(NS(=O)(=O)c2c[nH]c(C(=O)O)c2)C1. The molecule has 2 heterocycles. The van der Waals surface area contributed by atoms with Crippen LogP contribution in [-0.4, -0.2) is 55.1 Å². The highest BCUT2D eigenvalue weighted by Crippen LogP contribution is 2.15. The van der Waals surface area contributed by atoms with Gasteiger partial charge in [0.15, 0.2) is 0 Å². The molecule has 0 aromatic carbocycles. The lowest BCUT2D eigenvalue weighted by Gasteiger charge is -2.31. The molecule has 0 spiro atoms. The van der Waals surface area contributed by atoms with Crippen LogP contribution < -0.4 is 4.72 Å². The van der Waals surface area contributed by atoms with Gasteiger partial charge in [-0.25, -0.2) is 17.9 Å². The van der Waals surface area contributed by atoms with Crippen LogP contribution in [0.2, 0.25) is 0 Å². The summed E-state index contributed by atoms with van der Waals surface area (Å²) in [5.74, 6) is -1.18. The number of H-pyrrole nitrogens is 1. The predicted octanol–water partition coefficient (Wildman–Crippen LogP) is 0.476. The van der Waals surface area contributed by atoms with Crippen LogP contribution >= 0.6 is 0 Å². The summed E-state index contributed by atoms with van der Waals surface area (Å²) in [5, 5.41) is 8.80. The van der Waals surface area contributed by atoms with Gasteiger partial charge >= 0.3 is 5.97 Å². The Morgan fingerprint density at radius 1 is 1.60 bits per heavy atom. The van der Waals surface area contributed by atoms with Crippen LogP contribution in [0.4, 0.5) is 0 Å². The first-order valence-electron chi connectivity index (χ1n) is 6.58. The molecule has 1 aromatic rings. The highest BCUT2D eigenvalue weighted by atomic mass is 32.2. The average molecular weight is 301 g/mol. The molecule has 112 valence electrons. The van der Waals surface area contributed by atoms with Gasteiger partial charge in [0.05, 0.1) is 0 Å². The van der Waals surface area contributed by atoms with Gasteiger partial charge < -0.3 is 15.0 Å². The number of aromatic amines is 1. The van der Waals surface area contributed by atoms with Crippen LogP contribution in [0.1, 0.15) is 30.3 Å². The van der Waals surface area contributed by atoms with Crippen LogP contribution in [0.25, 0.3) is 0 Å². The van der Waals surface area contributed by atoms with E-state index in [0.717, 1.165) is 32.0 Å². The van der Waals surface area contributed by atoms with Crippen molar-refractivity contribution in [3.8, 4) is 0 Å². The Kier molecular flexibility index (Phi) is 4.46. The highest BCUT2D eigenvalue weighted by Gasteiger charge is 2.25. The monoisotopic (exact) mass is 301 g/mol. The largest absolute Gasteiger partial charge is 0.477 e. The van der Waals surface area contributed by atoms with E-state index in [1.54, 1.807) is 0 Å². The predicted molar refractivity (Wildman–Crippen MR) is 73.2 cm³/mol. The molecule has 7 nitrogen and oxygen atoms in total. The third-order valence-corrected chi connectivity index (χ3v) is 4.97. The second-order valence-corrected chi connectivity index (χ2v) is 6.62. The molecular formula is C12H19N3O4S. The molecule has 0 saturated carbocycles. The lowest BCUT2D eigenvalue weighted by molar-refractivity contribution is 0.0691. The number of aromatic carboxylic acids is 1. The maximum absolute atomic E-state index is 12.2. The first-order valence-corrected chi connectivity index (χ1v) is 8.07. The molecule has 1 fully saturated rings. The molecule has 1 saturated heterocycles. The molecule has 1 unspecified atom stereocenters. The third-order valence-electron chi connectivity index (χ3n) is 3.47. The Hall–Kier alpha value is -1.38. The van der Waals surface area contributed by atoms with Gasteiger partial charge in [-0.3, -0.25) is 0 Å². The minimum atomic E-state index is -3.68. The number of nitrogens with zero attached hydrogens (tertiary/aromatic N) is 1. The van der Waals surface area contributed by atoms with Crippen molar-refractivity contribution in [3.63, 3.8) is 0 Å². The fourth-order valence-corrected chi connectivity index (χ4v) is 3.63. The van der Waals surface area contributed by atoms with E-state index in [-0.39, 0.29) is 16.6 Å². The molecule has 3 N–H and O–H groups in total.